The van der Waals surface area contributed by atoms with Gasteiger partial charge >= 0.3 is 0 Å². The molecule has 1 aromatic rings. The van der Waals surface area contributed by atoms with Crippen molar-refractivity contribution in [3.63, 3.8) is 0 Å². The van der Waals surface area contributed by atoms with Gasteiger partial charge in [-0.05, 0) is 0 Å². The summed E-state index contributed by atoms with van der Waals surface area (Å²) < 4.78 is 0. The molecule has 0 aliphatic rings. The molecule has 0 aliphatic carbocycles. The zero-order valence-corrected chi connectivity index (χ0v) is 7.64. The SMILES string of the molecule is O=Cc1[c-]cccc1.[W]. The summed E-state index contributed by atoms with van der Waals surface area (Å²) in [6.45, 7) is 0. The molecule has 0 radical (unpaired) electrons. The van der Waals surface area contributed by atoms with E-state index in [4.69, 9.17) is 0 Å². The molecule has 0 N–H and O–H groups in total. The maximum Gasteiger partial charge on any atom is 0.0655 e. The first-order valence-corrected chi connectivity index (χ1v) is 2.35. The molecule has 1 aromatic carbocycles. The summed E-state index contributed by atoms with van der Waals surface area (Å²) in [6, 6.07) is 9.81. The van der Waals surface area contributed by atoms with E-state index < -0.39 is 0 Å². The molecule has 0 fully saturated rings. The van der Waals surface area contributed by atoms with E-state index in [-0.39, 0.29) is 21.1 Å². The Bertz CT molecular complexity index is 172. The van der Waals surface area contributed by atoms with Crippen LogP contribution in [0.4, 0.5) is 0 Å². The summed E-state index contributed by atoms with van der Waals surface area (Å²) in [5.41, 5.74) is 0.604. The number of hydrogen-bond donors (Lipinski definition) is 0. The monoisotopic (exact) mass is 289 g/mol. The number of benzene rings is 1. The minimum absolute atomic E-state index is 0. The zero-order chi connectivity index (χ0) is 5.82. The van der Waals surface area contributed by atoms with E-state index in [1.807, 2.05) is 6.07 Å². The number of carbonyl (C=O) groups is 1. The van der Waals surface area contributed by atoms with E-state index in [0.29, 0.717) is 5.56 Å². The van der Waals surface area contributed by atoms with Gasteiger partial charge in [0.05, 0.1) is 6.29 Å². The largest absolute Gasteiger partial charge is 0.355 e. The molecular formula is C7H5OW-. The van der Waals surface area contributed by atoms with Crippen LogP contribution in [0.3, 0.4) is 0 Å². The fourth-order valence-corrected chi connectivity index (χ4v) is 0.481. The Morgan fingerprint density at radius 2 is 2.22 bits per heavy atom. The summed E-state index contributed by atoms with van der Waals surface area (Å²) in [6.07, 6.45) is 0.778. The van der Waals surface area contributed by atoms with Gasteiger partial charge in [0, 0.05) is 21.1 Å². The van der Waals surface area contributed by atoms with Crippen LogP contribution in [-0.2, 0) is 21.1 Å². The molecule has 0 aliphatic heterocycles. The summed E-state index contributed by atoms with van der Waals surface area (Å²) in [7, 11) is 0. The van der Waals surface area contributed by atoms with Crippen molar-refractivity contribution in [3.05, 3.63) is 35.9 Å². The van der Waals surface area contributed by atoms with E-state index in [9.17, 15) is 4.79 Å². The molecule has 0 saturated carbocycles. The molecule has 0 bridgehead atoms. The Kier molecular flexibility index (Phi) is 4.25. The van der Waals surface area contributed by atoms with Crippen LogP contribution >= 0.6 is 0 Å². The van der Waals surface area contributed by atoms with Gasteiger partial charge in [0.25, 0.3) is 0 Å². The molecule has 1 nitrogen and oxygen atoms in total. The fraction of sp³-hybridized carbons (Fsp3) is 0. The minimum atomic E-state index is 0. The Balaban J connectivity index is 0.000000640. The number of carbonyl (C=O) groups excluding carboxylic acids is 1. The van der Waals surface area contributed by atoms with Gasteiger partial charge in [0.15, 0.2) is 0 Å². The molecule has 9 heavy (non-hydrogen) atoms. The minimum Gasteiger partial charge on any atom is -0.355 e. The van der Waals surface area contributed by atoms with Gasteiger partial charge in [-0.1, -0.05) is 0 Å². The third-order valence-electron chi connectivity index (χ3n) is 0.860. The third kappa shape index (κ3) is 2.57. The van der Waals surface area contributed by atoms with E-state index >= 15 is 0 Å². The van der Waals surface area contributed by atoms with Gasteiger partial charge in [-0.15, -0.1) is 35.9 Å². The Morgan fingerprint density at radius 3 is 2.56 bits per heavy atom. The van der Waals surface area contributed by atoms with Crippen LogP contribution in [0.1, 0.15) is 10.4 Å². The van der Waals surface area contributed by atoms with Gasteiger partial charge in [0.2, 0.25) is 0 Å². The van der Waals surface area contributed by atoms with Gasteiger partial charge in [-0.3, -0.25) is 0 Å². The van der Waals surface area contributed by atoms with Crippen molar-refractivity contribution in [3.8, 4) is 0 Å². The van der Waals surface area contributed by atoms with Crippen LogP contribution in [0, 0.1) is 6.07 Å². The van der Waals surface area contributed by atoms with E-state index in [0.717, 1.165) is 6.29 Å². The first kappa shape index (κ1) is 8.58. The molecule has 0 spiro atoms. The Hall–Kier alpha value is -0.422. The van der Waals surface area contributed by atoms with Crippen LogP contribution in [0.2, 0.25) is 0 Å². The van der Waals surface area contributed by atoms with Gasteiger partial charge < -0.3 is 4.79 Å². The predicted molar refractivity (Wildman–Crippen MR) is 30.7 cm³/mol. The van der Waals surface area contributed by atoms with Crippen molar-refractivity contribution < 1.29 is 25.9 Å². The fourth-order valence-electron chi connectivity index (χ4n) is 0.481. The van der Waals surface area contributed by atoms with E-state index in [1.54, 1.807) is 18.2 Å². The summed E-state index contributed by atoms with van der Waals surface area (Å²) in [5.74, 6) is 0. The molecule has 0 heterocycles. The quantitative estimate of drug-likeness (QED) is 0.562. The van der Waals surface area contributed by atoms with Gasteiger partial charge in [-0.2, -0.15) is 0 Å². The summed E-state index contributed by atoms with van der Waals surface area (Å²) in [4.78, 5) is 9.98. The van der Waals surface area contributed by atoms with Gasteiger partial charge in [0.1, 0.15) is 0 Å². The smallest absolute Gasteiger partial charge is 0.0655 e. The molecule has 2 heteroatoms. The number of aldehydes is 1. The molecule has 0 atom stereocenters. The van der Waals surface area contributed by atoms with Crippen molar-refractivity contribution >= 4 is 6.29 Å². The van der Waals surface area contributed by atoms with Crippen molar-refractivity contribution in [2.24, 2.45) is 0 Å². The predicted octanol–water partition coefficient (Wildman–Crippen LogP) is 1.30. The molecule has 1 rings (SSSR count). The molecule has 46 valence electrons. The number of hydrogen-bond acceptors (Lipinski definition) is 1. The Labute approximate surface area is 68.3 Å². The topological polar surface area (TPSA) is 17.1 Å². The second kappa shape index (κ2) is 4.46. The van der Waals surface area contributed by atoms with Gasteiger partial charge in [-0.25, -0.2) is 0 Å². The van der Waals surface area contributed by atoms with Crippen molar-refractivity contribution in [2.75, 3.05) is 0 Å². The molecular weight excluding hydrogens is 284 g/mol. The van der Waals surface area contributed by atoms with Crippen molar-refractivity contribution in [1.29, 1.82) is 0 Å². The van der Waals surface area contributed by atoms with Crippen LogP contribution < -0.4 is 0 Å². The number of rotatable bonds is 1. The van der Waals surface area contributed by atoms with Crippen LogP contribution in [-0.4, -0.2) is 6.29 Å². The van der Waals surface area contributed by atoms with E-state index in [2.05, 4.69) is 6.07 Å². The standard InChI is InChI=1S/C7H5O.W/c8-6-7-4-2-1-3-5-7;/h1-4,6H;/q-1;. The zero-order valence-electron chi connectivity index (χ0n) is 4.70. The van der Waals surface area contributed by atoms with Crippen LogP contribution in [0.5, 0.6) is 0 Å². The normalized spacial score (nSPS) is 7.56. The Morgan fingerprint density at radius 1 is 1.44 bits per heavy atom. The maximum absolute atomic E-state index is 9.98. The average Bonchev–Trinajstić information content (AvgIpc) is 1.90. The first-order chi connectivity index (χ1) is 3.93. The maximum atomic E-state index is 9.98. The third-order valence-corrected chi connectivity index (χ3v) is 0.860. The first-order valence-electron chi connectivity index (χ1n) is 2.35. The van der Waals surface area contributed by atoms with Crippen LogP contribution in [0.25, 0.3) is 0 Å². The van der Waals surface area contributed by atoms with Crippen molar-refractivity contribution in [1.82, 2.24) is 0 Å². The molecule has 0 saturated heterocycles. The van der Waals surface area contributed by atoms with Crippen LogP contribution in [0.15, 0.2) is 24.3 Å². The second-order valence-corrected chi connectivity index (χ2v) is 1.44. The molecule has 0 amide bonds. The van der Waals surface area contributed by atoms with Crippen molar-refractivity contribution in [2.45, 2.75) is 0 Å². The summed E-state index contributed by atoms with van der Waals surface area (Å²) in [5, 5.41) is 0. The summed E-state index contributed by atoms with van der Waals surface area (Å²) >= 11 is 0. The average molecular weight is 289 g/mol. The van der Waals surface area contributed by atoms with E-state index in [1.165, 1.54) is 0 Å². The molecule has 0 unspecified atom stereocenters. The second-order valence-electron chi connectivity index (χ2n) is 1.44. The molecule has 0 aromatic heterocycles.